The molecule has 2 aromatic heterocycles. The third-order valence-corrected chi connectivity index (χ3v) is 6.10. The summed E-state index contributed by atoms with van der Waals surface area (Å²) < 4.78 is 5.88. The van der Waals surface area contributed by atoms with Crippen molar-refractivity contribution in [3.63, 3.8) is 0 Å². The fourth-order valence-electron chi connectivity index (χ4n) is 3.52. The van der Waals surface area contributed by atoms with Gasteiger partial charge in [-0.15, -0.1) is 11.3 Å². The Balaban J connectivity index is 1.54. The van der Waals surface area contributed by atoms with Crippen molar-refractivity contribution in [3.8, 4) is 11.1 Å². The molecule has 0 radical (unpaired) electrons. The van der Waals surface area contributed by atoms with Gasteiger partial charge in [0, 0.05) is 44.9 Å². The first-order chi connectivity index (χ1) is 16.4. The smallest absolute Gasteiger partial charge is 0.330 e. The van der Waals surface area contributed by atoms with Crippen molar-refractivity contribution in [2.45, 2.75) is 13.8 Å². The number of thiophene rings is 1. The number of amides is 2. The van der Waals surface area contributed by atoms with Crippen molar-refractivity contribution in [1.82, 2.24) is 4.98 Å². The molecule has 0 aliphatic carbocycles. The molecular weight excluding hydrogens is 448 g/mol. The number of esters is 1. The highest BCUT2D eigenvalue weighted by molar-refractivity contribution is 7.18. The molecule has 34 heavy (non-hydrogen) atoms. The summed E-state index contributed by atoms with van der Waals surface area (Å²) >= 11 is 1.53. The maximum absolute atomic E-state index is 12.3. The molecule has 2 amide bonds. The number of carbonyl (C=O) groups is 2. The number of ether oxygens (including phenoxy) is 1. The normalized spacial score (nSPS) is 11.0. The molecular formula is C26H24N4O3S. The first kappa shape index (κ1) is 23.0. The van der Waals surface area contributed by atoms with Crippen LogP contribution in [0.3, 0.4) is 0 Å². The molecule has 4 N–H and O–H groups in total. The third-order valence-electron chi connectivity index (χ3n) is 5.07. The van der Waals surface area contributed by atoms with Gasteiger partial charge in [0.05, 0.1) is 6.61 Å². The summed E-state index contributed by atoms with van der Waals surface area (Å²) in [5, 5.41) is 8.51. The van der Waals surface area contributed by atoms with Gasteiger partial charge < -0.3 is 21.1 Å². The van der Waals surface area contributed by atoms with Crippen LogP contribution in [0.2, 0.25) is 0 Å². The van der Waals surface area contributed by atoms with E-state index >= 15 is 0 Å². The summed E-state index contributed by atoms with van der Waals surface area (Å²) in [5.41, 5.74) is 11.3. The number of anilines is 3. The van der Waals surface area contributed by atoms with Crippen LogP contribution in [0.15, 0.2) is 66.2 Å². The maximum atomic E-state index is 12.3. The zero-order valence-electron chi connectivity index (χ0n) is 18.8. The Kier molecular flexibility index (Phi) is 6.89. The second-order valence-corrected chi connectivity index (χ2v) is 8.44. The Morgan fingerprint density at radius 3 is 2.62 bits per heavy atom. The number of urea groups is 1. The molecule has 2 aromatic carbocycles. The van der Waals surface area contributed by atoms with Gasteiger partial charge in [0.25, 0.3) is 0 Å². The SMILES string of the molecule is CCOC(=O)/C=C/c1cnc(N)c2c(-c3ccc(NC(=O)Nc4cccc(C)c4)cc3)csc12. The summed E-state index contributed by atoms with van der Waals surface area (Å²) in [5.74, 6) is 0.0121. The third kappa shape index (κ3) is 5.24. The van der Waals surface area contributed by atoms with Gasteiger partial charge in [0.2, 0.25) is 0 Å². The Hall–Kier alpha value is -4.17. The van der Waals surface area contributed by atoms with E-state index in [0.717, 1.165) is 38.0 Å². The monoisotopic (exact) mass is 472 g/mol. The molecule has 8 heteroatoms. The number of rotatable bonds is 6. The van der Waals surface area contributed by atoms with Crippen LogP contribution in [0.25, 0.3) is 27.3 Å². The van der Waals surface area contributed by atoms with Crippen LogP contribution in [0, 0.1) is 6.92 Å². The second kappa shape index (κ2) is 10.2. The number of hydrogen-bond donors (Lipinski definition) is 3. The lowest BCUT2D eigenvalue weighted by molar-refractivity contribution is -0.137. The summed E-state index contributed by atoms with van der Waals surface area (Å²) in [7, 11) is 0. The molecule has 0 fully saturated rings. The van der Waals surface area contributed by atoms with Crippen LogP contribution in [0.4, 0.5) is 22.0 Å². The average molecular weight is 473 g/mol. The molecule has 0 bridgehead atoms. The molecule has 4 aromatic rings. The van der Waals surface area contributed by atoms with Gasteiger partial charge in [-0.25, -0.2) is 14.6 Å². The Morgan fingerprint density at radius 1 is 1.12 bits per heavy atom. The number of carbonyl (C=O) groups excluding carboxylic acids is 2. The van der Waals surface area contributed by atoms with Crippen LogP contribution in [-0.2, 0) is 9.53 Å². The minimum atomic E-state index is -0.404. The Labute approximate surface area is 201 Å². The molecule has 0 unspecified atom stereocenters. The van der Waals surface area contributed by atoms with Crippen LogP contribution in [0.1, 0.15) is 18.1 Å². The van der Waals surface area contributed by atoms with Gasteiger partial charge in [-0.05, 0) is 60.7 Å². The van der Waals surface area contributed by atoms with E-state index in [-0.39, 0.29) is 6.03 Å². The molecule has 7 nitrogen and oxygen atoms in total. The van der Waals surface area contributed by atoms with E-state index < -0.39 is 5.97 Å². The Bertz CT molecular complexity index is 1380. The van der Waals surface area contributed by atoms with Crippen molar-refractivity contribution in [2.24, 2.45) is 0 Å². The highest BCUT2D eigenvalue weighted by atomic mass is 32.1. The molecule has 172 valence electrons. The molecule has 0 aliphatic rings. The van der Waals surface area contributed by atoms with Gasteiger partial charge in [0.1, 0.15) is 5.82 Å². The Morgan fingerprint density at radius 2 is 1.88 bits per heavy atom. The van der Waals surface area contributed by atoms with Crippen LogP contribution < -0.4 is 16.4 Å². The number of fused-ring (bicyclic) bond motifs is 1. The number of aromatic nitrogens is 1. The molecule has 0 saturated carbocycles. The standard InChI is InChI=1S/C26H24N4O3S/c1-3-33-22(31)12-9-18-14-28-25(27)23-21(15-34-24(18)23)17-7-10-19(11-8-17)29-26(32)30-20-6-4-5-16(2)13-20/h4-15H,3H2,1-2H3,(H2,27,28)(H2,29,30,32)/b12-9+. The number of nitrogens with zero attached hydrogens (tertiary/aromatic N) is 1. The zero-order chi connectivity index (χ0) is 24.1. The van der Waals surface area contributed by atoms with Crippen molar-refractivity contribution in [3.05, 3.63) is 77.3 Å². The second-order valence-electron chi connectivity index (χ2n) is 7.56. The lowest BCUT2D eigenvalue weighted by Gasteiger charge is -2.09. The van der Waals surface area contributed by atoms with Crippen LogP contribution in [0.5, 0.6) is 0 Å². The molecule has 0 saturated heterocycles. The van der Waals surface area contributed by atoms with Gasteiger partial charge in [-0.2, -0.15) is 0 Å². The molecule has 0 aliphatic heterocycles. The van der Waals surface area contributed by atoms with Crippen LogP contribution in [-0.4, -0.2) is 23.6 Å². The quantitative estimate of drug-likeness (QED) is 0.233. The van der Waals surface area contributed by atoms with Gasteiger partial charge in [-0.3, -0.25) is 0 Å². The number of nitrogens with one attached hydrogen (secondary N) is 2. The first-order valence-electron chi connectivity index (χ1n) is 10.7. The zero-order valence-corrected chi connectivity index (χ0v) is 19.6. The number of aryl methyl sites for hydroxylation is 1. The van der Waals surface area contributed by atoms with Crippen molar-refractivity contribution >= 4 is 56.7 Å². The van der Waals surface area contributed by atoms with E-state index in [1.54, 1.807) is 19.2 Å². The lowest BCUT2D eigenvalue weighted by atomic mass is 10.0. The minimum Gasteiger partial charge on any atom is -0.463 e. The van der Waals surface area contributed by atoms with Gasteiger partial charge in [0.15, 0.2) is 0 Å². The van der Waals surface area contributed by atoms with E-state index in [2.05, 4.69) is 15.6 Å². The minimum absolute atomic E-state index is 0.314. The lowest BCUT2D eigenvalue weighted by Crippen LogP contribution is -2.19. The number of hydrogen-bond acceptors (Lipinski definition) is 6. The molecule has 4 rings (SSSR count). The van der Waals surface area contributed by atoms with Crippen LogP contribution >= 0.6 is 11.3 Å². The highest BCUT2D eigenvalue weighted by Crippen LogP contribution is 2.39. The summed E-state index contributed by atoms with van der Waals surface area (Å²) in [4.78, 5) is 28.3. The van der Waals surface area contributed by atoms with Crippen molar-refractivity contribution in [1.29, 1.82) is 0 Å². The number of benzene rings is 2. The maximum Gasteiger partial charge on any atom is 0.330 e. The highest BCUT2D eigenvalue weighted by Gasteiger charge is 2.14. The fraction of sp³-hybridized carbons (Fsp3) is 0.115. The van der Waals surface area contributed by atoms with E-state index in [1.807, 2.05) is 60.8 Å². The van der Waals surface area contributed by atoms with E-state index in [9.17, 15) is 9.59 Å². The molecule has 0 spiro atoms. The molecule has 2 heterocycles. The van der Waals surface area contributed by atoms with E-state index in [1.165, 1.54) is 17.4 Å². The number of nitrogens with two attached hydrogens (primary N) is 1. The number of nitrogen functional groups attached to an aromatic ring is 1. The average Bonchev–Trinajstić information content (AvgIpc) is 3.26. The summed E-state index contributed by atoms with van der Waals surface area (Å²) in [6.45, 7) is 4.05. The number of pyridine rings is 1. The first-order valence-corrected chi connectivity index (χ1v) is 11.6. The predicted octanol–water partition coefficient (Wildman–Crippen LogP) is 6.07. The predicted molar refractivity (Wildman–Crippen MR) is 139 cm³/mol. The summed E-state index contributed by atoms with van der Waals surface area (Å²) in [6.07, 6.45) is 4.72. The van der Waals surface area contributed by atoms with Crippen molar-refractivity contribution in [2.75, 3.05) is 23.0 Å². The van der Waals surface area contributed by atoms with E-state index in [4.69, 9.17) is 10.5 Å². The molecule has 0 atom stereocenters. The summed E-state index contributed by atoms with van der Waals surface area (Å²) in [6, 6.07) is 14.8. The largest absolute Gasteiger partial charge is 0.463 e. The fourth-order valence-corrected chi connectivity index (χ4v) is 4.59. The van der Waals surface area contributed by atoms with E-state index in [0.29, 0.717) is 18.1 Å². The van der Waals surface area contributed by atoms with Gasteiger partial charge in [-0.1, -0.05) is 24.3 Å². The van der Waals surface area contributed by atoms with Crippen molar-refractivity contribution < 1.29 is 14.3 Å². The topological polar surface area (TPSA) is 106 Å². The van der Waals surface area contributed by atoms with Gasteiger partial charge >= 0.3 is 12.0 Å².